The molecule has 1 amide bonds. The summed E-state index contributed by atoms with van der Waals surface area (Å²) < 4.78 is 5.26. The molecule has 0 aliphatic rings. The van der Waals surface area contributed by atoms with E-state index in [0.29, 0.717) is 17.0 Å². The van der Waals surface area contributed by atoms with Crippen LogP contribution in [0, 0.1) is 0 Å². The van der Waals surface area contributed by atoms with Crippen LogP contribution in [0.1, 0.15) is 16.1 Å². The third kappa shape index (κ3) is 2.87. The van der Waals surface area contributed by atoms with Crippen molar-refractivity contribution in [2.24, 2.45) is 0 Å². The topological polar surface area (TPSA) is 68.3 Å². The summed E-state index contributed by atoms with van der Waals surface area (Å²) in [7, 11) is 1.61. The van der Waals surface area contributed by atoms with E-state index < -0.39 is 0 Å². The lowest BCUT2D eigenvalue weighted by Gasteiger charge is -2.08. The highest BCUT2D eigenvalue weighted by Gasteiger charge is 2.11. The molecule has 3 N–H and O–H groups in total. The standard InChI is InChI=1S/C13H14N2O2S/c1-15-13(16)11-5-4-9(14)7-12(11)18-8-10-3-2-6-17-10/h2-7H,8,14H2,1H3,(H,15,16). The number of thioether (sulfide) groups is 1. The minimum absolute atomic E-state index is 0.114. The van der Waals surface area contributed by atoms with E-state index >= 15 is 0 Å². The fourth-order valence-corrected chi connectivity index (χ4v) is 2.52. The van der Waals surface area contributed by atoms with Crippen LogP contribution in [0.4, 0.5) is 5.69 Å². The van der Waals surface area contributed by atoms with Crippen molar-refractivity contribution in [3.8, 4) is 0 Å². The zero-order valence-corrected chi connectivity index (χ0v) is 10.8. The molecule has 0 fully saturated rings. The summed E-state index contributed by atoms with van der Waals surface area (Å²) >= 11 is 1.53. The summed E-state index contributed by atoms with van der Waals surface area (Å²) in [4.78, 5) is 12.6. The highest BCUT2D eigenvalue weighted by molar-refractivity contribution is 7.98. The van der Waals surface area contributed by atoms with Gasteiger partial charge in [0.15, 0.2) is 0 Å². The third-order valence-electron chi connectivity index (χ3n) is 2.43. The van der Waals surface area contributed by atoms with Crippen molar-refractivity contribution in [1.29, 1.82) is 0 Å². The van der Waals surface area contributed by atoms with Crippen molar-refractivity contribution in [2.45, 2.75) is 10.6 Å². The van der Waals surface area contributed by atoms with Gasteiger partial charge in [-0.2, -0.15) is 0 Å². The number of carbonyl (C=O) groups excluding carboxylic acids is 1. The molecule has 0 atom stereocenters. The SMILES string of the molecule is CNC(=O)c1ccc(N)cc1SCc1ccco1. The number of nitrogens with one attached hydrogen (secondary N) is 1. The van der Waals surface area contributed by atoms with Gasteiger partial charge in [0.1, 0.15) is 5.76 Å². The maximum Gasteiger partial charge on any atom is 0.252 e. The molecule has 1 aromatic heterocycles. The summed E-state index contributed by atoms with van der Waals surface area (Å²) in [5.41, 5.74) is 7.02. The largest absolute Gasteiger partial charge is 0.468 e. The number of amides is 1. The fraction of sp³-hybridized carbons (Fsp3) is 0.154. The summed E-state index contributed by atoms with van der Waals surface area (Å²) in [6, 6.07) is 9.01. The van der Waals surface area contributed by atoms with E-state index in [1.807, 2.05) is 12.1 Å². The third-order valence-corrected chi connectivity index (χ3v) is 3.51. The highest BCUT2D eigenvalue weighted by Crippen LogP contribution is 2.28. The average Bonchev–Trinajstić information content (AvgIpc) is 2.88. The molecule has 2 rings (SSSR count). The second-order valence-corrected chi connectivity index (χ2v) is 4.72. The number of rotatable bonds is 4. The Morgan fingerprint density at radius 1 is 1.44 bits per heavy atom. The molecule has 18 heavy (non-hydrogen) atoms. The molecule has 0 spiro atoms. The van der Waals surface area contributed by atoms with Crippen LogP contribution in [0.5, 0.6) is 0 Å². The van der Waals surface area contributed by atoms with Gasteiger partial charge in [-0.25, -0.2) is 0 Å². The van der Waals surface area contributed by atoms with Crippen LogP contribution in [-0.2, 0) is 5.75 Å². The van der Waals surface area contributed by atoms with Crippen LogP contribution in [-0.4, -0.2) is 13.0 Å². The normalized spacial score (nSPS) is 10.3. The van der Waals surface area contributed by atoms with Crippen molar-refractivity contribution >= 4 is 23.4 Å². The van der Waals surface area contributed by atoms with Crippen molar-refractivity contribution < 1.29 is 9.21 Å². The quantitative estimate of drug-likeness (QED) is 0.656. The minimum atomic E-state index is -0.114. The molecule has 1 heterocycles. The Morgan fingerprint density at radius 3 is 2.94 bits per heavy atom. The van der Waals surface area contributed by atoms with E-state index in [1.165, 1.54) is 11.8 Å². The molecule has 0 saturated carbocycles. The van der Waals surface area contributed by atoms with Crippen LogP contribution in [0.25, 0.3) is 0 Å². The number of benzene rings is 1. The van der Waals surface area contributed by atoms with Crippen LogP contribution in [0.2, 0.25) is 0 Å². The van der Waals surface area contributed by atoms with Crippen LogP contribution >= 0.6 is 11.8 Å². The van der Waals surface area contributed by atoms with Gasteiger partial charge in [-0.15, -0.1) is 11.8 Å². The first-order chi connectivity index (χ1) is 8.70. The average molecular weight is 262 g/mol. The van der Waals surface area contributed by atoms with Gasteiger partial charge in [0.25, 0.3) is 5.91 Å². The zero-order chi connectivity index (χ0) is 13.0. The maximum absolute atomic E-state index is 11.7. The van der Waals surface area contributed by atoms with Crippen LogP contribution in [0.3, 0.4) is 0 Å². The highest BCUT2D eigenvalue weighted by atomic mass is 32.2. The van der Waals surface area contributed by atoms with Crippen molar-refractivity contribution in [3.63, 3.8) is 0 Å². The van der Waals surface area contributed by atoms with Gasteiger partial charge < -0.3 is 15.5 Å². The molecule has 0 aliphatic carbocycles. The number of furan rings is 1. The predicted octanol–water partition coefficient (Wildman–Crippen LogP) is 2.51. The van der Waals surface area contributed by atoms with Crippen LogP contribution in [0.15, 0.2) is 45.9 Å². The molecule has 94 valence electrons. The summed E-state index contributed by atoms with van der Waals surface area (Å²) in [5, 5.41) is 2.62. The van der Waals surface area contributed by atoms with Gasteiger partial charge in [0.2, 0.25) is 0 Å². The van der Waals surface area contributed by atoms with Crippen molar-refractivity contribution in [1.82, 2.24) is 5.32 Å². The number of nitrogen functional groups attached to an aromatic ring is 1. The fourth-order valence-electron chi connectivity index (χ4n) is 1.52. The number of hydrogen-bond donors (Lipinski definition) is 2. The molecule has 2 aromatic rings. The van der Waals surface area contributed by atoms with Gasteiger partial charge in [-0.3, -0.25) is 4.79 Å². The minimum Gasteiger partial charge on any atom is -0.468 e. The summed E-state index contributed by atoms with van der Waals surface area (Å²) in [6.45, 7) is 0. The van der Waals surface area contributed by atoms with E-state index in [4.69, 9.17) is 10.2 Å². The van der Waals surface area contributed by atoms with E-state index in [9.17, 15) is 4.79 Å². The molecular formula is C13H14N2O2S. The number of nitrogens with two attached hydrogens (primary N) is 1. The molecule has 4 nitrogen and oxygen atoms in total. The summed E-state index contributed by atoms with van der Waals surface area (Å²) in [5.74, 6) is 1.42. The zero-order valence-electron chi connectivity index (χ0n) is 9.97. The Balaban J connectivity index is 2.19. The maximum atomic E-state index is 11.7. The number of anilines is 1. The van der Waals surface area contributed by atoms with Gasteiger partial charge in [-0.05, 0) is 30.3 Å². The van der Waals surface area contributed by atoms with E-state index in [1.54, 1.807) is 31.5 Å². The Hall–Kier alpha value is -1.88. The van der Waals surface area contributed by atoms with Gasteiger partial charge in [-0.1, -0.05) is 0 Å². The van der Waals surface area contributed by atoms with Crippen LogP contribution < -0.4 is 11.1 Å². The number of carbonyl (C=O) groups is 1. The first-order valence-electron chi connectivity index (χ1n) is 5.47. The van der Waals surface area contributed by atoms with E-state index in [2.05, 4.69) is 5.32 Å². The molecule has 5 heteroatoms. The Labute approximate surface area is 110 Å². The van der Waals surface area contributed by atoms with Gasteiger partial charge in [0.05, 0.1) is 17.6 Å². The Bertz CT molecular complexity index is 538. The van der Waals surface area contributed by atoms with Crippen molar-refractivity contribution in [2.75, 3.05) is 12.8 Å². The predicted molar refractivity (Wildman–Crippen MR) is 72.5 cm³/mol. The molecule has 0 saturated heterocycles. The Morgan fingerprint density at radius 2 is 2.28 bits per heavy atom. The van der Waals surface area contributed by atoms with Crippen molar-refractivity contribution in [3.05, 3.63) is 47.9 Å². The lowest BCUT2D eigenvalue weighted by molar-refractivity contribution is 0.0960. The van der Waals surface area contributed by atoms with Gasteiger partial charge >= 0.3 is 0 Å². The first kappa shape index (κ1) is 12.6. The molecule has 0 bridgehead atoms. The number of hydrogen-bond acceptors (Lipinski definition) is 4. The Kier molecular flexibility index (Phi) is 3.94. The smallest absolute Gasteiger partial charge is 0.252 e. The van der Waals surface area contributed by atoms with E-state index in [-0.39, 0.29) is 5.91 Å². The molecule has 1 aromatic carbocycles. The van der Waals surface area contributed by atoms with Gasteiger partial charge in [0, 0.05) is 17.6 Å². The second-order valence-electron chi connectivity index (χ2n) is 3.70. The molecule has 0 radical (unpaired) electrons. The molecule has 0 unspecified atom stereocenters. The summed E-state index contributed by atoms with van der Waals surface area (Å²) in [6.07, 6.45) is 1.63. The molecule has 0 aliphatic heterocycles. The monoisotopic (exact) mass is 262 g/mol. The first-order valence-corrected chi connectivity index (χ1v) is 6.46. The second kappa shape index (κ2) is 5.64. The molecular weight excluding hydrogens is 248 g/mol. The lowest BCUT2D eigenvalue weighted by Crippen LogP contribution is -2.18. The van der Waals surface area contributed by atoms with E-state index in [0.717, 1.165) is 10.7 Å². The lowest BCUT2D eigenvalue weighted by atomic mass is 10.2.